The van der Waals surface area contributed by atoms with Gasteiger partial charge in [0, 0.05) is 19.6 Å². The maximum Gasteiger partial charge on any atom is 0.0547 e. The van der Waals surface area contributed by atoms with Gasteiger partial charge in [0.05, 0.1) is 6.04 Å². The molecule has 0 unspecified atom stereocenters. The van der Waals surface area contributed by atoms with Crippen LogP contribution in [-0.4, -0.2) is 19.6 Å². The van der Waals surface area contributed by atoms with Gasteiger partial charge in [-0.15, -0.1) is 0 Å². The first-order chi connectivity index (χ1) is 6.45. The van der Waals surface area contributed by atoms with E-state index in [-0.39, 0.29) is 0 Å². The predicted molar refractivity (Wildman–Crippen MR) is 54.3 cm³/mol. The van der Waals surface area contributed by atoms with Crippen LogP contribution in [0.25, 0.3) is 0 Å². The SMILES string of the molecule is c1ccc(C[C]2CNCCN2)cc1. The molecular formula is C11H15N2. The molecule has 0 spiro atoms. The average molecular weight is 175 g/mol. The van der Waals surface area contributed by atoms with Crippen LogP contribution in [0, 0.1) is 6.04 Å². The summed E-state index contributed by atoms with van der Waals surface area (Å²) in [6.45, 7) is 3.15. The van der Waals surface area contributed by atoms with Crippen LogP contribution in [0.3, 0.4) is 0 Å². The molecule has 0 bridgehead atoms. The third-order valence-electron chi connectivity index (χ3n) is 2.28. The van der Waals surface area contributed by atoms with Gasteiger partial charge in [-0.25, -0.2) is 0 Å². The van der Waals surface area contributed by atoms with E-state index in [4.69, 9.17) is 0 Å². The molecule has 2 heteroatoms. The summed E-state index contributed by atoms with van der Waals surface area (Å²) < 4.78 is 0. The first-order valence-electron chi connectivity index (χ1n) is 4.78. The van der Waals surface area contributed by atoms with Crippen LogP contribution in [0.15, 0.2) is 30.3 Å². The lowest BCUT2D eigenvalue weighted by atomic mass is 10.1. The molecule has 1 fully saturated rings. The first-order valence-corrected chi connectivity index (χ1v) is 4.78. The highest BCUT2D eigenvalue weighted by Crippen LogP contribution is 2.08. The number of nitrogens with one attached hydrogen (secondary N) is 2. The summed E-state index contributed by atoms with van der Waals surface area (Å²) in [4.78, 5) is 0. The third kappa shape index (κ3) is 2.54. The Morgan fingerprint density at radius 3 is 2.62 bits per heavy atom. The standard InChI is InChI=1S/C11H15N2/c1-2-4-10(5-3-1)8-11-9-12-6-7-13-11/h1-5,12-13H,6-9H2. The minimum Gasteiger partial charge on any atom is -0.314 e. The monoisotopic (exact) mass is 175 g/mol. The lowest BCUT2D eigenvalue weighted by Crippen LogP contribution is -2.43. The van der Waals surface area contributed by atoms with Gasteiger partial charge in [-0.1, -0.05) is 30.3 Å². The molecule has 13 heavy (non-hydrogen) atoms. The Balaban J connectivity index is 1.90. The van der Waals surface area contributed by atoms with Crippen molar-refractivity contribution in [2.24, 2.45) is 0 Å². The Labute approximate surface area is 79.4 Å². The summed E-state index contributed by atoms with van der Waals surface area (Å²) in [7, 11) is 0. The summed E-state index contributed by atoms with van der Waals surface area (Å²) in [5.74, 6) is 0. The number of benzene rings is 1. The van der Waals surface area contributed by atoms with Gasteiger partial charge in [0.1, 0.15) is 0 Å². The summed E-state index contributed by atoms with van der Waals surface area (Å²) >= 11 is 0. The second kappa shape index (κ2) is 4.40. The third-order valence-corrected chi connectivity index (χ3v) is 2.28. The minimum atomic E-state index is 1.01. The van der Waals surface area contributed by atoms with E-state index < -0.39 is 0 Å². The van der Waals surface area contributed by atoms with Crippen molar-refractivity contribution < 1.29 is 0 Å². The largest absolute Gasteiger partial charge is 0.314 e. The van der Waals surface area contributed by atoms with Gasteiger partial charge in [0.25, 0.3) is 0 Å². The molecule has 0 aliphatic carbocycles. The zero-order valence-corrected chi connectivity index (χ0v) is 7.72. The predicted octanol–water partition coefficient (Wildman–Crippen LogP) is 0.954. The van der Waals surface area contributed by atoms with Gasteiger partial charge >= 0.3 is 0 Å². The average Bonchev–Trinajstić information content (AvgIpc) is 2.21. The highest BCUT2D eigenvalue weighted by molar-refractivity contribution is 5.19. The molecule has 0 aromatic heterocycles. The Morgan fingerprint density at radius 2 is 1.92 bits per heavy atom. The van der Waals surface area contributed by atoms with Gasteiger partial charge < -0.3 is 10.6 Å². The van der Waals surface area contributed by atoms with E-state index in [0.717, 1.165) is 26.1 Å². The molecule has 1 aromatic rings. The molecule has 1 radical (unpaired) electrons. The van der Waals surface area contributed by atoms with Gasteiger partial charge in [0.15, 0.2) is 0 Å². The quantitative estimate of drug-likeness (QED) is 0.699. The highest BCUT2D eigenvalue weighted by atomic mass is 15.0. The van der Waals surface area contributed by atoms with E-state index in [2.05, 4.69) is 41.0 Å². The Kier molecular flexibility index (Phi) is 2.95. The number of hydrogen-bond acceptors (Lipinski definition) is 2. The summed E-state index contributed by atoms with van der Waals surface area (Å²) in [5, 5.41) is 6.78. The van der Waals surface area contributed by atoms with Crippen LogP contribution < -0.4 is 10.6 Å². The van der Waals surface area contributed by atoms with Crippen LogP contribution >= 0.6 is 0 Å². The van der Waals surface area contributed by atoms with Crippen LogP contribution in [0.1, 0.15) is 5.56 Å². The van der Waals surface area contributed by atoms with Crippen molar-refractivity contribution in [3.63, 3.8) is 0 Å². The summed E-state index contributed by atoms with van der Waals surface area (Å²) in [5.41, 5.74) is 1.38. The normalized spacial score (nSPS) is 18.8. The molecule has 1 aliphatic heterocycles. The summed E-state index contributed by atoms with van der Waals surface area (Å²) in [6, 6.07) is 12.0. The Morgan fingerprint density at radius 1 is 1.08 bits per heavy atom. The van der Waals surface area contributed by atoms with Crippen LogP contribution in [0.4, 0.5) is 0 Å². The van der Waals surface area contributed by atoms with Crippen LogP contribution in [0.2, 0.25) is 0 Å². The van der Waals surface area contributed by atoms with Crippen molar-refractivity contribution in [3.05, 3.63) is 41.9 Å². The molecule has 0 saturated carbocycles. The fourth-order valence-corrected chi connectivity index (χ4v) is 1.60. The molecule has 1 aromatic carbocycles. The number of hydrogen-bond donors (Lipinski definition) is 2. The summed E-state index contributed by atoms with van der Waals surface area (Å²) in [6.07, 6.45) is 1.05. The molecule has 2 rings (SSSR count). The van der Waals surface area contributed by atoms with E-state index in [0.29, 0.717) is 0 Å². The van der Waals surface area contributed by atoms with Gasteiger partial charge in [-0.3, -0.25) is 0 Å². The topological polar surface area (TPSA) is 24.1 Å². The van der Waals surface area contributed by atoms with Gasteiger partial charge in [-0.2, -0.15) is 0 Å². The van der Waals surface area contributed by atoms with Crippen molar-refractivity contribution in [3.8, 4) is 0 Å². The smallest absolute Gasteiger partial charge is 0.0547 e. The molecule has 69 valence electrons. The fourth-order valence-electron chi connectivity index (χ4n) is 1.60. The van der Waals surface area contributed by atoms with Crippen molar-refractivity contribution in [1.29, 1.82) is 0 Å². The molecule has 0 amide bonds. The van der Waals surface area contributed by atoms with E-state index in [1.165, 1.54) is 11.6 Å². The Hall–Kier alpha value is -0.860. The van der Waals surface area contributed by atoms with Crippen LogP contribution in [0.5, 0.6) is 0 Å². The maximum absolute atomic E-state index is 3.42. The molecule has 0 atom stereocenters. The van der Waals surface area contributed by atoms with Crippen molar-refractivity contribution in [1.82, 2.24) is 10.6 Å². The van der Waals surface area contributed by atoms with Crippen LogP contribution in [-0.2, 0) is 6.42 Å². The minimum absolute atomic E-state index is 1.01. The molecule has 1 saturated heterocycles. The van der Waals surface area contributed by atoms with Crippen molar-refractivity contribution in [2.75, 3.05) is 19.6 Å². The number of piperazine rings is 1. The van der Waals surface area contributed by atoms with Gasteiger partial charge in [0.2, 0.25) is 0 Å². The second-order valence-corrected chi connectivity index (χ2v) is 3.37. The second-order valence-electron chi connectivity index (χ2n) is 3.37. The maximum atomic E-state index is 3.42. The molecular weight excluding hydrogens is 160 g/mol. The molecule has 1 heterocycles. The number of rotatable bonds is 2. The highest BCUT2D eigenvalue weighted by Gasteiger charge is 2.12. The Bertz CT molecular complexity index is 240. The fraction of sp³-hybridized carbons (Fsp3) is 0.364. The van der Waals surface area contributed by atoms with Crippen molar-refractivity contribution in [2.45, 2.75) is 6.42 Å². The zero-order valence-electron chi connectivity index (χ0n) is 7.72. The van der Waals surface area contributed by atoms with Crippen molar-refractivity contribution >= 4 is 0 Å². The van der Waals surface area contributed by atoms with E-state index in [1.54, 1.807) is 0 Å². The molecule has 1 aliphatic rings. The lowest BCUT2D eigenvalue weighted by Gasteiger charge is -2.23. The van der Waals surface area contributed by atoms with Gasteiger partial charge in [-0.05, 0) is 12.0 Å². The molecule has 2 N–H and O–H groups in total. The van der Waals surface area contributed by atoms with E-state index >= 15 is 0 Å². The zero-order chi connectivity index (χ0) is 8.93. The van der Waals surface area contributed by atoms with E-state index in [1.807, 2.05) is 0 Å². The van der Waals surface area contributed by atoms with E-state index in [9.17, 15) is 0 Å². The first kappa shape index (κ1) is 8.73. The lowest BCUT2D eigenvalue weighted by molar-refractivity contribution is 0.512. The molecule has 2 nitrogen and oxygen atoms in total.